The quantitative estimate of drug-likeness (QED) is 0.916. The SMILES string of the molecule is O=C(NC1CCC1)C1(Cc2ccccc2)CCOCC1. The Morgan fingerprint density at radius 1 is 1.20 bits per heavy atom. The lowest BCUT2D eigenvalue weighted by molar-refractivity contribution is -0.138. The Kier molecular flexibility index (Phi) is 4.06. The standard InChI is InChI=1S/C17H23NO2/c19-16(18-15-7-4-8-15)17(9-11-20-12-10-17)13-14-5-2-1-3-6-14/h1-3,5-6,15H,4,7-13H2,(H,18,19). The fraction of sp³-hybridized carbons (Fsp3) is 0.588. The van der Waals surface area contributed by atoms with Gasteiger partial charge >= 0.3 is 0 Å². The van der Waals surface area contributed by atoms with Crippen molar-refractivity contribution in [1.29, 1.82) is 0 Å². The molecule has 0 unspecified atom stereocenters. The van der Waals surface area contributed by atoms with Crippen LogP contribution in [0.5, 0.6) is 0 Å². The van der Waals surface area contributed by atoms with Gasteiger partial charge in [-0.15, -0.1) is 0 Å². The van der Waals surface area contributed by atoms with E-state index in [9.17, 15) is 4.79 Å². The van der Waals surface area contributed by atoms with Gasteiger partial charge in [0.2, 0.25) is 5.91 Å². The summed E-state index contributed by atoms with van der Waals surface area (Å²) in [5.74, 6) is 0.245. The summed E-state index contributed by atoms with van der Waals surface area (Å²) in [4.78, 5) is 12.8. The molecule has 2 aliphatic rings. The average Bonchev–Trinajstić information content (AvgIpc) is 2.45. The Balaban J connectivity index is 1.74. The summed E-state index contributed by atoms with van der Waals surface area (Å²) < 4.78 is 5.48. The van der Waals surface area contributed by atoms with E-state index < -0.39 is 0 Å². The van der Waals surface area contributed by atoms with Gasteiger partial charge in [0, 0.05) is 19.3 Å². The number of carbonyl (C=O) groups is 1. The predicted octanol–water partition coefficient (Wildman–Crippen LogP) is 2.69. The van der Waals surface area contributed by atoms with Gasteiger partial charge in [0.15, 0.2) is 0 Å². The summed E-state index contributed by atoms with van der Waals surface area (Å²) >= 11 is 0. The highest BCUT2D eigenvalue weighted by Crippen LogP contribution is 2.35. The highest BCUT2D eigenvalue weighted by Gasteiger charge is 2.41. The van der Waals surface area contributed by atoms with Gasteiger partial charge in [-0.1, -0.05) is 30.3 Å². The maximum atomic E-state index is 12.8. The van der Waals surface area contributed by atoms with Crippen LogP contribution in [0.2, 0.25) is 0 Å². The van der Waals surface area contributed by atoms with Crippen LogP contribution in [0.25, 0.3) is 0 Å². The first-order valence-corrected chi connectivity index (χ1v) is 7.71. The average molecular weight is 273 g/mol. The maximum absolute atomic E-state index is 12.8. The molecule has 0 radical (unpaired) electrons. The second-order valence-corrected chi connectivity index (χ2v) is 6.16. The van der Waals surface area contributed by atoms with E-state index in [1.165, 1.54) is 12.0 Å². The zero-order valence-electron chi connectivity index (χ0n) is 11.9. The molecular weight excluding hydrogens is 250 g/mol. The number of rotatable bonds is 4. The third-order valence-corrected chi connectivity index (χ3v) is 4.76. The first-order chi connectivity index (χ1) is 9.78. The van der Waals surface area contributed by atoms with Gasteiger partial charge in [-0.05, 0) is 44.1 Å². The van der Waals surface area contributed by atoms with Crippen molar-refractivity contribution in [1.82, 2.24) is 5.32 Å². The number of ether oxygens (including phenoxy) is 1. The Hall–Kier alpha value is -1.35. The van der Waals surface area contributed by atoms with E-state index >= 15 is 0 Å². The number of benzene rings is 1. The maximum Gasteiger partial charge on any atom is 0.226 e. The summed E-state index contributed by atoms with van der Waals surface area (Å²) in [6, 6.07) is 10.8. The monoisotopic (exact) mass is 273 g/mol. The molecule has 0 atom stereocenters. The lowest BCUT2D eigenvalue weighted by Crippen LogP contribution is -2.51. The molecule has 3 rings (SSSR count). The molecule has 2 fully saturated rings. The van der Waals surface area contributed by atoms with Crippen LogP contribution in [0.3, 0.4) is 0 Å². The molecular formula is C17H23NO2. The molecule has 1 aliphatic carbocycles. The van der Waals surface area contributed by atoms with E-state index in [2.05, 4.69) is 17.4 Å². The van der Waals surface area contributed by atoms with Crippen LogP contribution in [-0.4, -0.2) is 25.2 Å². The molecule has 1 saturated carbocycles. The van der Waals surface area contributed by atoms with Gasteiger partial charge in [0.05, 0.1) is 5.41 Å². The van der Waals surface area contributed by atoms with Crippen molar-refractivity contribution in [3.8, 4) is 0 Å². The smallest absolute Gasteiger partial charge is 0.226 e. The summed E-state index contributed by atoms with van der Waals surface area (Å²) in [6.45, 7) is 1.40. The fourth-order valence-corrected chi connectivity index (χ4v) is 3.12. The molecule has 0 spiro atoms. The molecule has 1 N–H and O–H groups in total. The third kappa shape index (κ3) is 2.88. The summed E-state index contributed by atoms with van der Waals surface area (Å²) in [6.07, 6.45) is 6.03. The largest absolute Gasteiger partial charge is 0.381 e. The minimum absolute atomic E-state index is 0.245. The molecule has 3 nitrogen and oxygen atoms in total. The van der Waals surface area contributed by atoms with Crippen LogP contribution in [0.4, 0.5) is 0 Å². The van der Waals surface area contributed by atoms with E-state index in [-0.39, 0.29) is 11.3 Å². The molecule has 1 heterocycles. The third-order valence-electron chi connectivity index (χ3n) is 4.76. The van der Waals surface area contributed by atoms with Crippen molar-refractivity contribution in [3.05, 3.63) is 35.9 Å². The van der Waals surface area contributed by atoms with Crippen LogP contribution in [0, 0.1) is 5.41 Å². The van der Waals surface area contributed by atoms with Gasteiger partial charge in [0.1, 0.15) is 0 Å². The molecule has 1 amide bonds. The van der Waals surface area contributed by atoms with E-state index in [0.717, 1.165) is 32.1 Å². The molecule has 3 heteroatoms. The van der Waals surface area contributed by atoms with Crippen molar-refractivity contribution in [2.75, 3.05) is 13.2 Å². The van der Waals surface area contributed by atoms with Crippen LogP contribution >= 0.6 is 0 Å². The minimum Gasteiger partial charge on any atom is -0.381 e. The van der Waals surface area contributed by atoms with Crippen LogP contribution < -0.4 is 5.32 Å². The highest BCUT2D eigenvalue weighted by atomic mass is 16.5. The summed E-state index contributed by atoms with van der Waals surface area (Å²) in [7, 11) is 0. The molecule has 1 aromatic carbocycles. The van der Waals surface area contributed by atoms with Gasteiger partial charge in [-0.3, -0.25) is 4.79 Å². The van der Waals surface area contributed by atoms with E-state index in [1.807, 2.05) is 18.2 Å². The molecule has 1 saturated heterocycles. The van der Waals surface area contributed by atoms with E-state index in [1.54, 1.807) is 0 Å². The number of hydrogen-bond donors (Lipinski definition) is 1. The van der Waals surface area contributed by atoms with Crippen molar-refractivity contribution < 1.29 is 9.53 Å². The number of amides is 1. The van der Waals surface area contributed by atoms with Crippen LogP contribution in [-0.2, 0) is 16.0 Å². The van der Waals surface area contributed by atoms with Gasteiger partial charge in [-0.2, -0.15) is 0 Å². The Morgan fingerprint density at radius 3 is 2.50 bits per heavy atom. The van der Waals surface area contributed by atoms with Crippen molar-refractivity contribution in [3.63, 3.8) is 0 Å². The molecule has 1 aliphatic heterocycles. The normalized spacial score (nSPS) is 22.0. The van der Waals surface area contributed by atoms with Gasteiger partial charge in [0.25, 0.3) is 0 Å². The zero-order valence-corrected chi connectivity index (χ0v) is 11.9. The van der Waals surface area contributed by atoms with Crippen LogP contribution in [0.1, 0.15) is 37.7 Å². The molecule has 0 bridgehead atoms. The van der Waals surface area contributed by atoms with Crippen molar-refractivity contribution >= 4 is 5.91 Å². The topological polar surface area (TPSA) is 38.3 Å². The molecule has 0 aromatic heterocycles. The fourth-order valence-electron chi connectivity index (χ4n) is 3.12. The number of nitrogens with one attached hydrogen (secondary N) is 1. The lowest BCUT2D eigenvalue weighted by Gasteiger charge is -2.38. The number of carbonyl (C=O) groups excluding carboxylic acids is 1. The lowest BCUT2D eigenvalue weighted by atomic mass is 9.74. The van der Waals surface area contributed by atoms with Gasteiger partial charge < -0.3 is 10.1 Å². The van der Waals surface area contributed by atoms with Gasteiger partial charge in [-0.25, -0.2) is 0 Å². The molecule has 108 valence electrons. The summed E-state index contributed by atoms with van der Waals surface area (Å²) in [5.41, 5.74) is 0.980. The summed E-state index contributed by atoms with van der Waals surface area (Å²) in [5, 5.41) is 3.25. The van der Waals surface area contributed by atoms with Crippen molar-refractivity contribution in [2.24, 2.45) is 5.41 Å². The van der Waals surface area contributed by atoms with Crippen LogP contribution in [0.15, 0.2) is 30.3 Å². The minimum atomic E-state index is -0.269. The number of hydrogen-bond acceptors (Lipinski definition) is 2. The molecule has 20 heavy (non-hydrogen) atoms. The molecule has 1 aromatic rings. The van der Waals surface area contributed by atoms with E-state index in [4.69, 9.17) is 4.74 Å². The Labute approximate surface area is 120 Å². The second-order valence-electron chi connectivity index (χ2n) is 6.16. The van der Waals surface area contributed by atoms with E-state index in [0.29, 0.717) is 19.3 Å². The Bertz CT molecular complexity index is 447. The predicted molar refractivity (Wildman–Crippen MR) is 78.4 cm³/mol. The second kappa shape index (κ2) is 5.96. The van der Waals surface area contributed by atoms with Crippen molar-refractivity contribution in [2.45, 2.75) is 44.6 Å². The zero-order chi connectivity index (χ0) is 13.8. The first-order valence-electron chi connectivity index (χ1n) is 7.71. The highest BCUT2D eigenvalue weighted by molar-refractivity contribution is 5.83. The first kappa shape index (κ1) is 13.6. The Morgan fingerprint density at radius 2 is 1.90 bits per heavy atom.